The standard InChI is InChI=1S/C17H33N7O2/c1-3-18-16(19-6-4-5-7-24-14-21-22-15-24)20-12-17(2,25)13-23-8-10-26-11-9-23/h14-15,25H,3-13H2,1-2H3,(H2,18,19,20). The van der Waals surface area contributed by atoms with Crippen molar-refractivity contribution in [2.24, 2.45) is 4.99 Å². The monoisotopic (exact) mass is 367 g/mol. The number of aliphatic hydroxyl groups is 1. The van der Waals surface area contributed by atoms with Gasteiger partial charge in [0, 0.05) is 39.3 Å². The van der Waals surface area contributed by atoms with Crippen LogP contribution in [0.25, 0.3) is 0 Å². The van der Waals surface area contributed by atoms with Crippen molar-refractivity contribution < 1.29 is 9.84 Å². The van der Waals surface area contributed by atoms with Crippen molar-refractivity contribution in [3.05, 3.63) is 12.7 Å². The third-order valence-electron chi connectivity index (χ3n) is 4.19. The lowest BCUT2D eigenvalue weighted by Crippen LogP contribution is -2.48. The Balaban J connectivity index is 1.69. The molecule has 1 aliphatic heterocycles. The number of hydrogen-bond donors (Lipinski definition) is 3. The van der Waals surface area contributed by atoms with E-state index in [0.717, 1.165) is 64.7 Å². The summed E-state index contributed by atoms with van der Waals surface area (Å²) in [4.78, 5) is 6.79. The predicted octanol–water partition coefficient (Wildman–Crippen LogP) is -0.303. The maximum atomic E-state index is 10.6. The van der Waals surface area contributed by atoms with E-state index in [2.05, 4.69) is 30.7 Å². The molecule has 1 unspecified atom stereocenters. The summed E-state index contributed by atoms with van der Waals surface area (Å²) in [6.07, 6.45) is 5.52. The quantitative estimate of drug-likeness (QED) is 0.296. The minimum atomic E-state index is -0.853. The number of aromatic nitrogens is 3. The van der Waals surface area contributed by atoms with E-state index in [1.54, 1.807) is 12.7 Å². The van der Waals surface area contributed by atoms with Crippen LogP contribution in [0.4, 0.5) is 0 Å². The van der Waals surface area contributed by atoms with Crippen LogP contribution in [0.3, 0.4) is 0 Å². The van der Waals surface area contributed by atoms with Gasteiger partial charge in [-0.05, 0) is 26.7 Å². The zero-order valence-corrected chi connectivity index (χ0v) is 16.0. The zero-order valence-electron chi connectivity index (χ0n) is 16.0. The van der Waals surface area contributed by atoms with Crippen molar-refractivity contribution in [1.82, 2.24) is 30.3 Å². The highest BCUT2D eigenvalue weighted by molar-refractivity contribution is 5.79. The molecule has 0 spiro atoms. The summed E-state index contributed by atoms with van der Waals surface area (Å²) in [6, 6.07) is 0. The van der Waals surface area contributed by atoms with Gasteiger partial charge in [-0.3, -0.25) is 9.89 Å². The normalized spacial score (nSPS) is 18.5. The van der Waals surface area contributed by atoms with Crippen LogP contribution in [0.2, 0.25) is 0 Å². The SMILES string of the molecule is CCNC(=NCC(C)(O)CN1CCOCC1)NCCCCn1cnnc1. The van der Waals surface area contributed by atoms with Crippen LogP contribution >= 0.6 is 0 Å². The zero-order chi connectivity index (χ0) is 18.7. The van der Waals surface area contributed by atoms with E-state index in [1.807, 2.05) is 18.4 Å². The van der Waals surface area contributed by atoms with E-state index in [1.165, 1.54) is 0 Å². The van der Waals surface area contributed by atoms with Gasteiger partial charge in [0.05, 0.1) is 25.4 Å². The lowest BCUT2D eigenvalue weighted by molar-refractivity contribution is -0.0179. The van der Waals surface area contributed by atoms with Gasteiger partial charge in [-0.2, -0.15) is 0 Å². The molecule has 1 atom stereocenters. The van der Waals surface area contributed by atoms with Gasteiger partial charge >= 0.3 is 0 Å². The highest BCUT2D eigenvalue weighted by atomic mass is 16.5. The van der Waals surface area contributed by atoms with Crippen molar-refractivity contribution in [1.29, 1.82) is 0 Å². The molecule has 9 heteroatoms. The smallest absolute Gasteiger partial charge is 0.191 e. The Labute approximate surface area is 155 Å². The first kappa shape index (κ1) is 20.6. The van der Waals surface area contributed by atoms with Crippen LogP contribution in [0.15, 0.2) is 17.6 Å². The number of aryl methyl sites for hydroxylation is 1. The maximum Gasteiger partial charge on any atom is 0.191 e. The average Bonchev–Trinajstić information content (AvgIpc) is 3.13. The molecule has 3 N–H and O–H groups in total. The first-order valence-corrected chi connectivity index (χ1v) is 9.46. The van der Waals surface area contributed by atoms with Crippen LogP contribution in [0, 0.1) is 0 Å². The van der Waals surface area contributed by atoms with E-state index in [9.17, 15) is 5.11 Å². The molecule has 0 bridgehead atoms. The molecule has 2 heterocycles. The minimum Gasteiger partial charge on any atom is -0.387 e. The summed E-state index contributed by atoms with van der Waals surface area (Å²) in [7, 11) is 0. The average molecular weight is 367 g/mol. The fraction of sp³-hybridized carbons (Fsp3) is 0.824. The van der Waals surface area contributed by atoms with Crippen molar-refractivity contribution in [2.45, 2.75) is 38.8 Å². The summed E-state index contributed by atoms with van der Waals surface area (Å²) in [6.45, 7) is 10.6. The van der Waals surface area contributed by atoms with Crippen LogP contribution in [-0.4, -0.2) is 88.8 Å². The Bertz CT molecular complexity index is 513. The summed E-state index contributed by atoms with van der Waals surface area (Å²) in [5.41, 5.74) is -0.853. The van der Waals surface area contributed by atoms with E-state index in [-0.39, 0.29) is 0 Å². The molecule has 1 saturated heterocycles. The van der Waals surface area contributed by atoms with Crippen molar-refractivity contribution in [2.75, 3.05) is 52.5 Å². The number of guanidine groups is 1. The van der Waals surface area contributed by atoms with Crippen molar-refractivity contribution >= 4 is 5.96 Å². The predicted molar refractivity (Wildman–Crippen MR) is 101 cm³/mol. The second kappa shape index (κ2) is 11.1. The molecule has 1 aliphatic rings. The number of nitrogens with one attached hydrogen (secondary N) is 2. The lowest BCUT2D eigenvalue weighted by Gasteiger charge is -2.33. The summed E-state index contributed by atoms with van der Waals surface area (Å²) < 4.78 is 7.33. The fourth-order valence-corrected chi connectivity index (χ4v) is 2.85. The molecule has 0 radical (unpaired) electrons. The van der Waals surface area contributed by atoms with Gasteiger partial charge in [0.2, 0.25) is 0 Å². The molecule has 0 aliphatic carbocycles. The Hall–Kier alpha value is -1.71. The van der Waals surface area contributed by atoms with Crippen LogP contribution in [0.1, 0.15) is 26.7 Å². The second-order valence-corrected chi connectivity index (χ2v) is 6.91. The first-order chi connectivity index (χ1) is 12.6. The molecule has 26 heavy (non-hydrogen) atoms. The molecule has 0 amide bonds. The third kappa shape index (κ3) is 8.11. The van der Waals surface area contributed by atoms with Gasteiger partial charge in [0.1, 0.15) is 12.7 Å². The number of ether oxygens (including phenoxy) is 1. The maximum absolute atomic E-state index is 10.6. The number of unbranched alkanes of at least 4 members (excludes halogenated alkanes) is 1. The first-order valence-electron chi connectivity index (χ1n) is 9.46. The van der Waals surface area contributed by atoms with Gasteiger partial charge in [-0.15, -0.1) is 10.2 Å². The van der Waals surface area contributed by atoms with E-state index < -0.39 is 5.60 Å². The summed E-state index contributed by atoms with van der Waals surface area (Å²) >= 11 is 0. The Kier molecular flexibility index (Phi) is 8.79. The molecule has 148 valence electrons. The number of β-amino-alcohol motifs (C(OH)–C–C–N with tert-alkyl or cyclic N) is 1. The Morgan fingerprint density at radius 1 is 1.23 bits per heavy atom. The van der Waals surface area contributed by atoms with Gasteiger partial charge < -0.3 is 25.0 Å². The summed E-state index contributed by atoms with van der Waals surface area (Å²) in [5, 5.41) is 24.8. The third-order valence-corrected chi connectivity index (χ3v) is 4.19. The number of aliphatic imine (C=N–C) groups is 1. The number of nitrogens with zero attached hydrogens (tertiary/aromatic N) is 5. The molecule has 0 saturated carbocycles. The van der Waals surface area contributed by atoms with E-state index in [4.69, 9.17) is 4.74 Å². The molecular weight excluding hydrogens is 334 g/mol. The molecular formula is C17H33N7O2. The van der Waals surface area contributed by atoms with Gasteiger partial charge in [0.15, 0.2) is 5.96 Å². The molecule has 0 aromatic carbocycles. The van der Waals surface area contributed by atoms with Crippen molar-refractivity contribution in [3.8, 4) is 0 Å². The fourth-order valence-electron chi connectivity index (χ4n) is 2.85. The lowest BCUT2D eigenvalue weighted by atomic mass is 10.1. The highest BCUT2D eigenvalue weighted by Gasteiger charge is 2.25. The van der Waals surface area contributed by atoms with E-state index in [0.29, 0.717) is 13.1 Å². The van der Waals surface area contributed by atoms with Crippen LogP contribution in [-0.2, 0) is 11.3 Å². The van der Waals surface area contributed by atoms with Crippen molar-refractivity contribution in [3.63, 3.8) is 0 Å². The second-order valence-electron chi connectivity index (χ2n) is 6.91. The van der Waals surface area contributed by atoms with Crippen LogP contribution in [0.5, 0.6) is 0 Å². The largest absolute Gasteiger partial charge is 0.387 e. The van der Waals surface area contributed by atoms with Gasteiger partial charge in [0.25, 0.3) is 0 Å². The topological polar surface area (TPSA) is 99.8 Å². The van der Waals surface area contributed by atoms with Gasteiger partial charge in [-0.1, -0.05) is 0 Å². The molecule has 9 nitrogen and oxygen atoms in total. The Morgan fingerprint density at radius 3 is 2.65 bits per heavy atom. The minimum absolute atomic E-state index is 0.362. The Morgan fingerprint density at radius 2 is 1.96 bits per heavy atom. The highest BCUT2D eigenvalue weighted by Crippen LogP contribution is 2.09. The molecule has 2 rings (SSSR count). The molecule has 1 aromatic rings. The van der Waals surface area contributed by atoms with Gasteiger partial charge in [-0.25, -0.2) is 0 Å². The number of hydrogen-bond acceptors (Lipinski definition) is 6. The molecule has 1 aromatic heterocycles. The van der Waals surface area contributed by atoms with E-state index >= 15 is 0 Å². The number of morpholine rings is 1. The molecule has 1 fully saturated rings. The summed E-state index contributed by atoms with van der Waals surface area (Å²) in [5.74, 6) is 0.749. The number of rotatable bonds is 10. The van der Waals surface area contributed by atoms with Crippen LogP contribution < -0.4 is 10.6 Å².